The van der Waals surface area contributed by atoms with E-state index < -0.39 is 0 Å². The Morgan fingerprint density at radius 2 is 2.31 bits per heavy atom. The molecule has 4 atom stereocenters. The number of ether oxygens (including phenoxy) is 1. The summed E-state index contributed by atoms with van der Waals surface area (Å²) in [6.07, 6.45) is 1.34. The van der Waals surface area contributed by atoms with Gasteiger partial charge in [-0.15, -0.1) is 0 Å². The molecule has 0 heterocycles. The third kappa shape index (κ3) is 1.23. The number of methoxy groups -OCH3 is 1. The average Bonchev–Trinajstić information content (AvgIpc) is 2.57. The lowest BCUT2D eigenvalue weighted by atomic mass is 9.98. The van der Waals surface area contributed by atoms with Crippen molar-refractivity contribution < 1.29 is 14.3 Å². The van der Waals surface area contributed by atoms with Crippen LogP contribution in [0.4, 0.5) is 0 Å². The molecule has 0 spiro atoms. The number of fused-ring (bicyclic) bond motifs is 2. The van der Waals surface area contributed by atoms with E-state index in [1.54, 1.807) is 0 Å². The Morgan fingerprint density at radius 1 is 1.62 bits per heavy atom. The largest absolute Gasteiger partial charge is 0.469 e. The van der Waals surface area contributed by atoms with Crippen molar-refractivity contribution >= 4 is 27.7 Å². The summed E-state index contributed by atoms with van der Waals surface area (Å²) in [5, 5.41) is 0. The van der Waals surface area contributed by atoms with Crippen molar-refractivity contribution in [2.75, 3.05) is 7.11 Å². The highest BCUT2D eigenvalue weighted by atomic mass is 79.9. The van der Waals surface area contributed by atoms with Gasteiger partial charge in [0.2, 0.25) is 0 Å². The molecule has 2 aliphatic carbocycles. The van der Waals surface area contributed by atoms with Crippen LogP contribution < -0.4 is 0 Å². The lowest BCUT2D eigenvalue weighted by Crippen LogP contribution is -2.22. The van der Waals surface area contributed by atoms with Crippen LogP contribution in [-0.2, 0) is 14.3 Å². The van der Waals surface area contributed by atoms with Crippen molar-refractivity contribution in [1.82, 2.24) is 0 Å². The zero-order valence-electron chi connectivity index (χ0n) is 7.33. The highest BCUT2D eigenvalue weighted by molar-refractivity contribution is 9.09. The number of carbonyl (C=O) groups is 2. The third-order valence-corrected chi connectivity index (χ3v) is 4.22. The van der Waals surface area contributed by atoms with E-state index in [-0.39, 0.29) is 29.5 Å². The van der Waals surface area contributed by atoms with Gasteiger partial charge in [-0.25, -0.2) is 0 Å². The number of hydrogen-bond donors (Lipinski definition) is 0. The van der Waals surface area contributed by atoms with E-state index in [0.717, 1.165) is 6.42 Å². The Labute approximate surface area is 85.0 Å². The molecule has 0 aliphatic heterocycles. The molecule has 0 radical (unpaired) electrons. The van der Waals surface area contributed by atoms with E-state index in [2.05, 4.69) is 15.9 Å². The van der Waals surface area contributed by atoms with Gasteiger partial charge in [0, 0.05) is 17.2 Å². The Morgan fingerprint density at radius 3 is 2.77 bits per heavy atom. The molecular formula is C9H11BrO3. The summed E-state index contributed by atoms with van der Waals surface area (Å²) in [5.41, 5.74) is 0. The Balaban J connectivity index is 2.22. The van der Waals surface area contributed by atoms with Crippen LogP contribution in [0, 0.1) is 17.8 Å². The first-order valence-electron chi connectivity index (χ1n) is 4.39. The van der Waals surface area contributed by atoms with Gasteiger partial charge in [0.25, 0.3) is 0 Å². The maximum atomic E-state index is 11.4. The third-order valence-electron chi connectivity index (χ3n) is 3.16. The molecule has 0 unspecified atom stereocenters. The minimum atomic E-state index is -0.220. The predicted octanol–water partition coefficient (Wildman–Crippen LogP) is 1.15. The van der Waals surface area contributed by atoms with Gasteiger partial charge >= 0.3 is 5.97 Å². The van der Waals surface area contributed by atoms with Gasteiger partial charge in [-0.3, -0.25) is 9.59 Å². The van der Waals surface area contributed by atoms with Crippen LogP contribution in [0.5, 0.6) is 0 Å². The minimum Gasteiger partial charge on any atom is -0.469 e. The Bertz CT molecular complexity index is 264. The van der Waals surface area contributed by atoms with Crippen LogP contribution in [0.2, 0.25) is 0 Å². The van der Waals surface area contributed by atoms with E-state index in [0.29, 0.717) is 11.2 Å². The molecule has 2 aliphatic rings. The van der Waals surface area contributed by atoms with Crippen molar-refractivity contribution in [3.63, 3.8) is 0 Å². The summed E-state index contributed by atoms with van der Waals surface area (Å²) in [4.78, 5) is 23.1. The molecule has 2 saturated carbocycles. The second-order valence-electron chi connectivity index (χ2n) is 3.74. The van der Waals surface area contributed by atoms with Crippen molar-refractivity contribution in [1.29, 1.82) is 0 Å². The molecule has 13 heavy (non-hydrogen) atoms. The smallest absolute Gasteiger partial charge is 0.309 e. The molecule has 0 aromatic rings. The lowest BCUT2D eigenvalue weighted by molar-refractivity contribution is -0.147. The molecule has 2 rings (SSSR count). The van der Waals surface area contributed by atoms with Crippen LogP contribution in [-0.4, -0.2) is 23.7 Å². The monoisotopic (exact) mass is 246 g/mol. The fourth-order valence-corrected chi connectivity index (χ4v) is 3.45. The number of alkyl halides is 1. The van der Waals surface area contributed by atoms with Crippen molar-refractivity contribution in [3.8, 4) is 0 Å². The fourth-order valence-electron chi connectivity index (χ4n) is 2.53. The maximum Gasteiger partial charge on any atom is 0.309 e. The highest BCUT2D eigenvalue weighted by Gasteiger charge is 2.55. The predicted molar refractivity (Wildman–Crippen MR) is 49.4 cm³/mol. The molecular weight excluding hydrogens is 236 g/mol. The van der Waals surface area contributed by atoms with Gasteiger partial charge in [0.1, 0.15) is 5.78 Å². The van der Waals surface area contributed by atoms with Gasteiger partial charge < -0.3 is 4.74 Å². The summed E-state index contributed by atoms with van der Waals surface area (Å²) in [5.74, 6) is -0.0763. The molecule has 72 valence electrons. The standard InChI is InChI=1S/C9H11BrO3/c1-13-9(12)8-4-3-7(11)5(8)2-6(4)10/h4-6,8H,2-3H2,1H3/t4-,5+,6+,8+/m0/s1. The number of Topliss-reactive ketones (excluding diaryl/α,β-unsaturated/α-hetero) is 1. The van der Waals surface area contributed by atoms with Gasteiger partial charge in [-0.1, -0.05) is 15.9 Å². The van der Waals surface area contributed by atoms with Crippen LogP contribution in [0.3, 0.4) is 0 Å². The van der Waals surface area contributed by atoms with Crippen molar-refractivity contribution in [2.24, 2.45) is 17.8 Å². The summed E-state index contributed by atoms with van der Waals surface area (Å²) in [6.45, 7) is 0. The molecule has 2 fully saturated rings. The zero-order chi connectivity index (χ0) is 9.59. The molecule has 0 N–H and O–H groups in total. The molecule has 0 aromatic carbocycles. The van der Waals surface area contributed by atoms with E-state index in [4.69, 9.17) is 4.74 Å². The Kier molecular flexibility index (Phi) is 2.18. The zero-order valence-corrected chi connectivity index (χ0v) is 8.91. The topological polar surface area (TPSA) is 43.4 Å². The summed E-state index contributed by atoms with van der Waals surface area (Å²) in [7, 11) is 1.38. The summed E-state index contributed by atoms with van der Waals surface area (Å²) in [6, 6.07) is 0. The van der Waals surface area contributed by atoms with Gasteiger partial charge in [-0.05, 0) is 12.3 Å². The number of halogens is 1. The lowest BCUT2D eigenvalue weighted by Gasteiger charge is -2.13. The fraction of sp³-hybridized carbons (Fsp3) is 0.778. The number of ketones is 1. The second-order valence-corrected chi connectivity index (χ2v) is 4.92. The van der Waals surface area contributed by atoms with E-state index in [1.807, 2.05) is 0 Å². The summed E-state index contributed by atoms with van der Waals surface area (Å²) >= 11 is 3.50. The van der Waals surface area contributed by atoms with Gasteiger partial charge in [-0.2, -0.15) is 0 Å². The average molecular weight is 247 g/mol. The molecule has 0 saturated heterocycles. The SMILES string of the molecule is COC(=O)[C@@H]1[C@H]2CC(=O)[C@H]1C[C@H]2Br. The van der Waals surface area contributed by atoms with Crippen LogP contribution in [0.1, 0.15) is 12.8 Å². The van der Waals surface area contributed by atoms with Crippen LogP contribution in [0.25, 0.3) is 0 Å². The van der Waals surface area contributed by atoms with E-state index in [9.17, 15) is 9.59 Å². The minimum absolute atomic E-state index is 0.0816. The number of rotatable bonds is 1. The molecule has 4 heteroatoms. The van der Waals surface area contributed by atoms with Crippen LogP contribution >= 0.6 is 15.9 Å². The van der Waals surface area contributed by atoms with Crippen LogP contribution in [0.15, 0.2) is 0 Å². The first kappa shape index (κ1) is 9.19. The molecule has 2 bridgehead atoms. The van der Waals surface area contributed by atoms with Crippen molar-refractivity contribution in [3.05, 3.63) is 0 Å². The maximum absolute atomic E-state index is 11.4. The number of hydrogen-bond acceptors (Lipinski definition) is 3. The van der Waals surface area contributed by atoms with Gasteiger partial charge in [0.05, 0.1) is 13.0 Å². The number of esters is 1. The van der Waals surface area contributed by atoms with Crippen molar-refractivity contribution in [2.45, 2.75) is 17.7 Å². The summed E-state index contributed by atoms with van der Waals surface area (Å²) < 4.78 is 4.70. The van der Waals surface area contributed by atoms with Gasteiger partial charge in [0.15, 0.2) is 0 Å². The van der Waals surface area contributed by atoms with E-state index >= 15 is 0 Å². The normalized spacial score (nSPS) is 42.5. The first-order valence-corrected chi connectivity index (χ1v) is 5.31. The molecule has 3 nitrogen and oxygen atoms in total. The second kappa shape index (κ2) is 3.08. The first-order chi connectivity index (χ1) is 6.15. The molecule has 0 amide bonds. The highest BCUT2D eigenvalue weighted by Crippen LogP contribution is 2.50. The Hall–Kier alpha value is -0.380. The molecule has 0 aromatic heterocycles. The quantitative estimate of drug-likeness (QED) is 0.515. The number of carbonyl (C=O) groups excluding carboxylic acids is 2. The van der Waals surface area contributed by atoms with E-state index in [1.165, 1.54) is 7.11 Å².